The van der Waals surface area contributed by atoms with Crippen molar-refractivity contribution in [3.8, 4) is 10.8 Å². The fourth-order valence-corrected chi connectivity index (χ4v) is 3.63. The van der Waals surface area contributed by atoms with Crippen molar-refractivity contribution in [2.24, 2.45) is 5.92 Å². The molecule has 3 heterocycles. The summed E-state index contributed by atoms with van der Waals surface area (Å²) in [6.45, 7) is 3.49. The second-order valence-electron chi connectivity index (χ2n) is 5.97. The second kappa shape index (κ2) is 8.15. The standard InChI is InChI=1S/C17H21N5O2S/c1-2-14(23)22-8-3-5-12(10-22)16(24)20-9-13-11-25-17(21-13)15-18-6-4-7-19-15/h4,6-7,11-12H,2-3,5,8-10H2,1H3,(H,20,24)/t12-/m0/s1. The summed E-state index contributed by atoms with van der Waals surface area (Å²) in [5.74, 6) is 0.550. The lowest BCUT2D eigenvalue weighted by Gasteiger charge is -2.31. The zero-order valence-corrected chi connectivity index (χ0v) is 15.0. The van der Waals surface area contributed by atoms with E-state index in [2.05, 4.69) is 20.3 Å². The number of aromatic nitrogens is 3. The van der Waals surface area contributed by atoms with E-state index in [1.165, 1.54) is 11.3 Å². The molecule has 3 rings (SSSR count). The molecule has 2 aromatic heterocycles. The monoisotopic (exact) mass is 359 g/mol. The van der Waals surface area contributed by atoms with E-state index in [-0.39, 0.29) is 17.7 Å². The molecular weight excluding hydrogens is 338 g/mol. The number of likely N-dealkylation sites (tertiary alicyclic amines) is 1. The Morgan fingerprint density at radius 2 is 2.16 bits per heavy atom. The van der Waals surface area contributed by atoms with Gasteiger partial charge >= 0.3 is 0 Å². The minimum atomic E-state index is -0.139. The maximum atomic E-state index is 12.4. The van der Waals surface area contributed by atoms with Gasteiger partial charge in [-0.1, -0.05) is 6.92 Å². The van der Waals surface area contributed by atoms with Crippen LogP contribution in [0.4, 0.5) is 0 Å². The lowest BCUT2D eigenvalue weighted by Crippen LogP contribution is -2.45. The molecule has 1 fully saturated rings. The molecule has 2 aromatic rings. The van der Waals surface area contributed by atoms with Crippen LogP contribution in [0.25, 0.3) is 10.8 Å². The number of amides is 2. The number of nitrogens with zero attached hydrogens (tertiary/aromatic N) is 4. The van der Waals surface area contributed by atoms with E-state index in [1.54, 1.807) is 23.4 Å². The van der Waals surface area contributed by atoms with Gasteiger partial charge in [0.1, 0.15) is 0 Å². The summed E-state index contributed by atoms with van der Waals surface area (Å²) in [4.78, 5) is 38.8. The van der Waals surface area contributed by atoms with Gasteiger partial charge in [0.05, 0.1) is 18.2 Å². The number of hydrogen-bond acceptors (Lipinski definition) is 6. The van der Waals surface area contributed by atoms with Crippen LogP contribution >= 0.6 is 11.3 Å². The first-order valence-corrected chi connectivity index (χ1v) is 9.32. The molecule has 0 aliphatic carbocycles. The Morgan fingerprint density at radius 1 is 1.36 bits per heavy atom. The van der Waals surface area contributed by atoms with E-state index < -0.39 is 0 Å². The fraction of sp³-hybridized carbons (Fsp3) is 0.471. The Balaban J connectivity index is 1.54. The molecule has 1 aliphatic heterocycles. The average molecular weight is 359 g/mol. The predicted molar refractivity (Wildman–Crippen MR) is 94.6 cm³/mol. The van der Waals surface area contributed by atoms with Gasteiger partial charge in [-0.25, -0.2) is 15.0 Å². The molecule has 2 amide bonds. The number of nitrogens with one attached hydrogen (secondary N) is 1. The van der Waals surface area contributed by atoms with Crippen molar-refractivity contribution in [3.05, 3.63) is 29.5 Å². The highest BCUT2D eigenvalue weighted by atomic mass is 32.1. The van der Waals surface area contributed by atoms with Crippen molar-refractivity contribution < 1.29 is 9.59 Å². The van der Waals surface area contributed by atoms with Crippen LogP contribution in [-0.4, -0.2) is 44.8 Å². The lowest BCUT2D eigenvalue weighted by atomic mass is 9.97. The topological polar surface area (TPSA) is 88.1 Å². The fourth-order valence-electron chi connectivity index (χ4n) is 2.86. The third-order valence-corrected chi connectivity index (χ3v) is 5.09. The summed E-state index contributed by atoms with van der Waals surface area (Å²) in [6.07, 6.45) is 5.53. The lowest BCUT2D eigenvalue weighted by molar-refractivity contribution is -0.135. The van der Waals surface area contributed by atoms with Crippen LogP contribution in [0, 0.1) is 5.92 Å². The third-order valence-electron chi connectivity index (χ3n) is 4.20. The van der Waals surface area contributed by atoms with Crippen LogP contribution in [0.15, 0.2) is 23.8 Å². The SMILES string of the molecule is CCC(=O)N1CCC[C@H](C(=O)NCc2csc(-c3ncccn3)n2)C1. The largest absolute Gasteiger partial charge is 0.350 e. The van der Waals surface area contributed by atoms with Gasteiger partial charge in [0.15, 0.2) is 10.8 Å². The highest BCUT2D eigenvalue weighted by Crippen LogP contribution is 2.20. The van der Waals surface area contributed by atoms with E-state index >= 15 is 0 Å². The van der Waals surface area contributed by atoms with Gasteiger partial charge in [0.2, 0.25) is 11.8 Å². The number of carbonyl (C=O) groups is 2. The van der Waals surface area contributed by atoms with Crippen molar-refractivity contribution in [2.45, 2.75) is 32.7 Å². The van der Waals surface area contributed by atoms with Gasteiger partial charge in [0.25, 0.3) is 0 Å². The zero-order chi connectivity index (χ0) is 17.6. The Hall–Kier alpha value is -2.35. The summed E-state index contributed by atoms with van der Waals surface area (Å²) < 4.78 is 0. The van der Waals surface area contributed by atoms with Crippen LogP contribution in [0.3, 0.4) is 0 Å². The first-order chi connectivity index (χ1) is 12.2. The third kappa shape index (κ3) is 4.39. The molecule has 0 bridgehead atoms. The molecule has 0 saturated carbocycles. The predicted octanol–water partition coefficient (Wildman–Crippen LogP) is 1.86. The smallest absolute Gasteiger partial charge is 0.225 e. The molecule has 1 aliphatic rings. The van der Waals surface area contributed by atoms with Gasteiger partial charge in [0, 0.05) is 37.3 Å². The molecule has 1 N–H and O–H groups in total. The Labute approximate surface area is 150 Å². The van der Waals surface area contributed by atoms with E-state index in [0.717, 1.165) is 30.1 Å². The average Bonchev–Trinajstić information content (AvgIpc) is 3.15. The van der Waals surface area contributed by atoms with E-state index in [9.17, 15) is 9.59 Å². The van der Waals surface area contributed by atoms with Crippen LogP contribution in [0.2, 0.25) is 0 Å². The summed E-state index contributed by atoms with van der Waals surface area (Å²) >= 11 is 1.46. The zero-order valence-electron chi connectivity index (χ0n) is 14.1. The van der Waals surface area contributed by atoms with Crippen LogP contribution < -0.4 is 5.32 Å². The summed E-state index contributed by atoms with van der Waals surface area (Å²) in [5.41, 5.74) is 0.790. The number of hydrogen-bond donors (Lipinski definition) is 1. The molecule has 0 unspecified atom stereocenters. The Morgan fingerprint density at radius 3 is 2.92 bits per heavy atom. The van der Waals surface area contributed by atoms with E-state index in [1.807, 2.05) is 12.3 Å². The van der Waals surface area contributed by atoms with Crippen LogP contribution in [0.1, 0.15) is 31.9 Å². The second-order valence-corrected chi connectivity index (χ2v) is 6.82. The molecule has 0 radical (unpaired) electrons. The van der Waals surface area contributed by atoms with Gasteiger partial charge in [-0.15, -0.1) is 11.3 Å². The van der Waals surface area contributed by atoms with Crippen LogP contribution in [0.5, 0.6) is 0 Å². The number of piperidine rings is 1. The summed E-state index contributed by atoms with van der Waals surface area (Å²) in [5, 5.41) is 5.58. The molecule has 25 heavy (non-hydrogen) atoms. The highest BCUT2D eigenvalue weighted by Gasteiger charge is 2.27. The van der Waals surface area contributed by atoms with Gasteiger partial charge in [-0.2, -0.15) is 0 Å². The quantitative estimate of drug-likeness (QED) is 0.880. The van der Waals surface area contributed by atoms with Crippen molar-refractivity contribution in [1.82, 2.24) is 25.2 Å². The maximum Gasteiger partial charge on any atom is 0.225 e. The van der Waals surface area contributed by atoms with Crippen LogP contribution in [-0.2, 0) is 16.1 Å². The molecule has 132 valence electrons. The number of rotatable bonds is 5. The normalized spacial score (nSPS) is 17.3. The highest BCUT2D eigenvalue weighted by molar-refractivity contribution is 7.13. The maximum absolute atomic E-state index is 12.4. The Bertz CT molecular complexity index is 734. The van der Waals surface area contributed by atoms with Gasteiger partial charge < -0.3 is 10.2 Å². The number of carbonyl (C=O) groups excluding carboxylic acids is 2. The van der Waals surface area contributed by atoms with Crippen molar-refractivity contribution >= 4 is 23.2 Å². The number of thiazole rings is 1. The molecule has 0 spiro atoms. The molecule has 1 atom stereocenters. The van der Waals surface area contributed by atoms with Crippen molar-refractivity contribution in [1.29, 1.82) is 0 Å². The van der Waals surface area contributed by atoms with E-state index in [4.69, 9.17) is 0 Å². The Kier molecular flexibility index (Phi) is 5.70. The van der Waals surface area contributed by atoms with Gasteiger partial charge in [-0.05, 0) is 18.9 Å². The molecular formula is C17H21N5O2S. The molecule has 7 nitrogen and oxygen atoms in total. The van der Waals surface area contributed by atoms with Crippen molar-refractivity contribution in [2.75, 3.05) is 13.1 Å². The molecule has 8 heteroatoms. The summed E-state index contributed by atoms with van der Waals surface area (Å²) in [7, 11) is 0. The summed E-state index contributed by atoms with van der Waals surface area (Å²) in [6, 6.07) is 1.76. The molecule has 1 saturated heterocycles. The minimum absolute atomic E-state index is 0.0147. The first kappa shape index (κ1) is 17.5. The van der Waals surface area contributed by atoms with Crippen molar-refractivity contribution in [3.63, 3.8) is 0 Å². The first-order valence-electron chi connectivity index (χ1n) is 8.44. The minimum Gasteiger partial charge on any atom is -0.350 e. The van der Waals surface area contributed by atoms with Gasteiger partial charge in [-0.3, -0.25) is 9.59 Å². The molecule has 0 aromatic carbocycles. The van der Waals surface area contributed by atoms with E-state index in [0.29, 0.717) is 25.3 Å².